The molecule has 0 atom stereocenters. The predicted molar refractivity (Wildman–Crippen MR) is 75.6 cm³/mol. The van der Waals surface area contributed by atoms with Crippen LogP contribution in [0.15, 0.2) is 36.5 Å². The molecule has 0 saturated carbocycles. The van der Waals surface area contributed by atoms with E-state index >= 15 is 0 Å². The van der Waals surface area contributed by atoms with E-state index in [1.54, 1.807) is 6.20 Å². The number of rotatable bonds is 0. The molecule has 0 bridgehead atoms. The number of Topliss-reactive ketones (excluding diaryl/α,β-unsaturated/α-hetero) is 1. The van der Waals surface area contributed by atoms with Gasteiger partial charge >= 0.3 is 116 Å². The summed E-state index contributed by atoms with van der Waals surface area (Å²) in [6, 6.07) is 10.1. The number of benzene rings is 1. The number of carbonyl (C=O) groups is 1. The van der Waals surface area contributed by atoms with Crippen molar-refractivity contribution in [2.45, 2.75) is 10.6 Å². The molecule has 3 nitrogen and oxygen atoms in total. The Kier molecular flexibility index (Phi) is 2.40. The van der Waals surface area contributed by atoms with E-state index in [1.807, 2.05) is 24.3 Å². The van der Waals surface area contributed by atoms with Crippen molar-refractivity contribution in [1.82, 2.24) is 9.97 Å². The molecule has 19 heavy (non-hydrogen) atoms. The number of fused-ring (bicyclic) bond motifs is 2. The summed E-state index contributed by atoms with van der Waals surface area (Å²) in [6.07, 6.45) is 1.74. The zero-order chi connectivity index (χ0) is 12.8. The molecule has 0 amide bonds. The molecular formula is C15H10N2OSe. The molecule has 0 saturated heterocycles. The molecule has 92 valence electrons. The van der Waals surface area contributed by atoms with Gasteiger partial charge in [-0.3, -0.25) is 0 Å². The zero-order valence-corrected chi connectivity index (χ0v) is 11.8. The van der Waals surface area contributed by atoms with Gasteiger partial charge in [0.15, 0.2) is 0 Å². The van der Waals surface area contributed by atoms with Gasteiger partial charge in [0.1, 0.15) is 0 Å². The third-order valence-corrected chi connectivity index (χ3v) is 5.41. The van der Waals surface area contributed by atoms with Crippen LogP contribution in [-0.2, 0) is 5.32 Å². The third kappa shape index (κ3) is 1.61. The van der Waals surface area contributed by atoms with E-state index in [-0.39, 0.29) is 5.78 Å². The maximum atomic E-state index is 12.2. The van der Waals surface area contributed by atoms with Crippen LogP contribution in [0.2, 0.25) is 5.32 Å². The fraction of sp³-hybridized carbons (Fsp3) is 0.133. The van der Waals surface area contributed by atoms with Crippen molar-refractivity contribution in [2.75, 3.05) is 0 Å². The average Bonchev–Trinajstić information content (AvgIpc) is 2.61. The van der Waals surface area contributed by atoms with Crippen molar-refractivity contribution in [3.63, 3.8) is 0 Å². The van der Waals surface area contributed by atoms with E-state index in [9.17, 15) is 4.79 Å². The number of pyridine rings is 2. The molecule has 4 heteroatoms. The first-order valence-electron chi connectivity index (χ1n) is 6.12. The Morgan fingerprint density at radius 2 is 1.95 bits per heavy atom. The van der Waals surface area contributed by atoms with Crippen molar-refractivity contribution >= 4 is 42.4 Å². The summed E-state index contributed by atoms with van der Waals surface area (Å²) in [5, 5.41) is 4.74. The van der Waals surface area contributed by atoms with Crippen LogP contribution in [0.4, 0.5) is 0 Å². The SMILES string of the molecule is O=C1C[Se]Cc2nc3ccccc3c3ccnc1c23. The summed E-state index contributed by atoms with van der Waals surface area (Å²) in [6.45, 7) is 0. The van der Waals surface area contributed by atoms with Crippen molar-refractivity contribution in [1.29, 1.82) is 0 Å². The Labute approximate surface area is 116 Å². The zero-order valence-electron chi connectivity index (χ0n) is 10.1. The van der Waals surface area contributed by atoms with Crippen LogP contribution in [0, 0.1) is 0 Å². The number of para-hydroxylation sites is 1. The van der Waals surface area contributed by atoms with E-state index in [0.717, 1.165) is 32.7 Å². The molecule has 1 aliphatic heterocycles. The second kappa shape index (κ2) is 4.12. The van der Waals surface area contributed by atoms with Gasteiger partial charge in [-0.15, -0.1) is 0 Å². The average molecular weight is 313 g/mol. The van der Waals surface area contributed by atoms with Crippen LogP contribution in [0.5, 0.6) is 0 Å². The van der Waals surface area contributed by atoms with E-state index in [0.29, 0.717) is 26.0 Å². The van der Waals surface area contributed by atoms with Crippen molar-refractivity contribution in [3.8, 4) is 0 Å². The predicted octanol–water partition coefficient (Wildman–Crippen LogP) is 2.60. The first-order chi connectivity index (χ1) is 9.34. The Hall–Kier alpha value is -1.77. The second-order valence-electron chi connectivity index (χ2n) is 4.57. The first-order valence-corrected chi connectivity index (χ1v) is 8.54. The van der Waals surface area contributed by atoms with Gasteiger partial charge in [-0.05, 0) is 0 Å². The Bertz CT molecular complexity index is 829. The van der Waals surface area contributed by atoms with Crippen LogP contribution in [0.25, 0.3) is 21.7 Å². The molecule has 4 rings (SSSR count). The number of hydrogen-bond donors (Lipinski definition) is 0. The standard InChI is InChI=1S/C15H10N2OSe/c18-13-8-19-7-12-14-10(5-6-16-15(13)14)9-3-1-2-4-11(9)17-12/h1-6H,7-8H2. The van der Waals surface area contributed by atoms with Crippen LogP contribution in [-0.4, -0.2) is 30.7 Å². The number of ketones is 1. The summed E-state index contributed by atoms with van der Waals surface area (Å²) in [7, 11) is 0. The molecule has 3 heterocycles. The van der Waals surface area contributed by atoms with Crippen LogP contribution < -0.4 is 0 Å². The molecule has 1 aliphatic rings. The van der Waals surface area contributed by atoms with Gasteiger partial charge in [-0.25, -0.2) is 0 Å². The number of nitrogens with zero attached hydrogens (tertiary/aromatic N) is 2. The molecule has 1 aromatic carbocycles. The molecular weight excluding hydrogens is 303 g/mol. The van der Waals surface area contributed by atoms with Gasteiger partial charge in [-0.2, -0.15) is 0 Å². The minimum absolute atomic E-state index is 0.168. The first kappa shape index (κ1) is 11.1. The molecule has 0 radical (unpaired) electrons. The Morgan fingerprint density at radius 1 is 1.05 bits per heavy atom. The molecule has 0 aliphatic carbocycles. The molecule has 2 aromatic heterocycles. The van der Waals surface area contributed by atoms with Crippen molar-refractivity contribution in [3.05, 3.63) is 47.9 Å². The number of hydrogen-bond acceptors (Lipinski definition) is 3. The van der Waals surface area contributed by atoms with Gasteiger partial charge < -0.3 is 0 Å². The van der Waals surface area contributed by atoms with E-state index in [4.69, 9.17) is 4.98 Å². The fourth-order valence-electron chi connectivity index (χ4n) is 2.60. The summed E-state index contributed by atoms with van der Waals surface area (Å²) in [5.74, 6) is 0.168. The molecule has 0 spiro atoms. The second-order valence-corrected chi connectivity index (χ2v) is 6.64. The Balaban J connectivity index is 2.27. The summed E-state index contributed by atoms with van der Waals surface area (Å²) < 4.78 is 0. The monoisotopic (exact) mass is 314 g/mol. The quantitative estimate of drug-likeness (QED) is 0.473. The molecule has 0 unspecified atom stereocenters. The fourth-order valence-corrected chi connectivity index (χ4v) is 4.34. The molecule has 0 N–H and O–H groups in total. The van der Waals surface area contributed by atoms with Gasteiger partial charge in [-0.1, -0.05) is 0 Å². The van der Waals surface area contributed by atoms with Crippen LogP contribution >= 0.6 is 0 Å². The summed E-state index contributed by atoms with van der Waals surface area (Å²) in [5.41, 5.74) is 2.67. The van der Waals surface area contributed by atoms with E-state index in [1.165, 1.54) is 0 Å². The summed E-state index contributed by atoms with van der Waals surface area (Å²) >= 11 is 0.292. The topological polar surface area (TPSA) is 42.9 Å². The van der Waals surface area contributed by atoms with Crippen molar-refractivity contribution < 1.29 is 4.79 Å². The number of carbonyl (C=O) groups excluding carboxylic acids is 1. The Morgan fingerprint density at radius 3 is 2.89 bits per heavy atom. The summed E-state index contributed by atoms with van der Waals surface area (Å²) in [4.78, 5) is 21.2. The number of aromatic nitrogens is 2. The maximum absolute atomic E-state index is 12.2. The van der Waals surface area contributed by atoms with Gasteiger partial charge in [0, 0.05) is 0 Å². The van der Waals surface area contributed by atoms with Crippen LogP contribution in [0.3, 0.4) is 0 Å². The van der Waals surface area contributed by atoms with E-state index < -0.39 is 0 Å². The van der Waals surface area contributed by atoms with Gasteiger partial charge in [0.05, 0.1) is 0 Å². The molecule has 0 fully saturated rings. The van der Waals surface area contributed by atoms with Crippen LogP contribution in [0.1, 0.15) is 16.2 Å². The normalized spacial score (nSPS) is 14.8. The van der Waals surface area contributed by atoms with E-state index in [2.05, 4.69) is 11.1 Å². The van der Waals surface area contributed by atoms with Gasteiger partial charge in [0.2, 0.25) is 0 Å². The minimum atomic E-state index is 0.168. The van der Waals surface area contributed by atoms with Crippen molar-refractivity contribution in [2.24, 2.45) is 0 Å². The molecule has 3 aromatic rings. The van der Waals surface area contributed by atoms with Gasteiger partial charge in [0.25, 0.3) is 0 Å². The third-order valence-electron chi connectivity index (χ3n) is 3.43.